The van der Waals surface area contributed by atoms with Crippen LogP contribution in [0.4, 0.5) is 0 Å². The van der Waals surface area contributed by atoms with E-state index in [1.807, 2.05) is 22.7 Å². The molecule has 0 amide bonds. The van der Waals surface area contributed by atoms with Gasteiger partial charge in [-0.05, 0) is 69.5 Å². The average molecular weight is 441 g/mol. The van der Waals surface area contributed by atoms with E-state index in [9.17, 15) is 0 Å². The summed E-state index contributed by atoms with van der Waals surface area (Å²) in [5.74, 6) is 0. The fourth-order valence-corrected chi connectivity index (χ4v) is 5.97. The second kappa shape index (κ2) is 7.78. The zero-order valence-corrected chi connectivity index (χ0v) is 22.3. The van der Waals surface area contributed by atoms with Gasteiger partial charge >= 0.3 is 0 Å². The first kappa shape index (κ1) is 23.5. The lowest BCUT2D eigenvalue weighted by Crippen LogP contribution is -2.20. The Morgan fingerprint density at radius 1 is 0.633 bits per heavy atom. The van der Waals surface area contributed by atoms with Crippen LogP contribution in [0.3, 0.4) is 0 Å². The van der Waals surface area contributed by atoms with Crippen molar-refractivity contribution in [2.24, 2.45) is 10.8 Å². The maximum Gasteiger partial charge on any atom is 0.0352 e. The number of benzene rings is 1. The Bertz CT molecular complexity index is 1000. The van der Waals surface area contributed by atoms with E-state index in [2.05, 4.69) is 106 Å². The smallest absolute Gasteiger partial charge is 0.0352 e. The molecule has 2 heterocycles. The van der Waals surface area contributed by atoms with E-state index >= 15 is 0 Å². The first-order valence-corrected chi connectivity index (χ1v) is 12.9. The van der Waals surface area contributed by atoms with Gasteiger partial charge in [0, 0.05) is 19.2 Å². The summed E-state index contributed by atoms with van der Waals surface area (Å²) in [6.45, 7) is 23.3. The number of hydrogen-bond acceptors (Lipinski definition) is 2. The van der Waals surface area contributed by atoms with Crippen LogP contribution in [0.2, 0.25) is 0 Å². The van der Waals surface area contributed by atoms with Crippen LogP contribution >= 0.6 is 22.7 Å². The second-order valence-corrected chi connectivity index (χ2v) is 14.6. The van der Waals surface area contributed by atoms with Gasteiger partial charge in [0.2, 0.25) is 0 Å². The summed E-state index contributed by atoms with van der Waals surface area (Å²) in [6, 6.07) is 9.68. The lowest BCUT2D eigenvalue weighted by Gasteiger charge is -2.29. The molecule has 0 nitrogen and oxygen atoms in total. The molecule has 0 aliphatic heterocycles. The minimum atomic E-state index is 0.195. The maximum atomic E-state index is 2.45. The molecule has 0 atom stereocenters. The zero-order chi connectivity index (χ0) is 22.5. The average Bonchev–Trinajstić information content (AvgIpc) is 3.19. The lowest BCUT2D eigenvalue weighted by atomic mass is 9.77. The predicted molar refractivity (Wildman–Crippen MR) is 141 cm³/mol. The first-order chi connectivity index (χ1) is 13.6. The number of hydrogen-bond donors (Lipinski definition) is 0. The Balaban J connectivity index is 1.83. The summed E-state index contributed by atoms with van der Waals surface area (Å²) in [5, 5.41) is 2.81. The molecule has 0 fully saturated rings. The molecule has 0 N–H and O–H groups in total. The number of allylic oxidation sites excluding steroid dienone is 2. The van der Waals surface area contributed by atoms with E-state index in [1.54, 1.807) is 0 Å². The third kappa shape index (κ3) is 5.56. The summed E-state index contributed by atoms with van der Waals surface area (Å²) in [6.07, 6.45) is 7.20. The van der Waals surface area contributed by atoms with Crippen LogP contribution in [0.15, 0.2) is 36.4 Å². The van der Waals surface area contributed by atoms with Crippen molar-refractivity contribution in [3.05, 3.63) is 46.2 Å². The van der Waals surface area contributed by atoms with Crippen molar-refractivity contribution < 1.29 is 0 Å². The van der Waals surface area contributed by atoms with Gasteiger partial charge in [-0.1, -0.05) is 81.4 Å². The van der Waals surface area contributed by atoms with Gasteiger partial charge in [-0.15, -0.1) is 22.7 Å². The highest BCUT2D eigenvalue weighted by Gasteiger charge is 2.27. The Hall–Kier alpha value is -1.12. The summed E-state index contributed by atoms with van der Waals surface area (Å²) < 4.78 is 2.85. The molecule has 0 saturated carbocycles. The molecule has 0 aliphatic carbocycles. The third-order valence-electron chi connectivity index (χ3n) is 5.99. The Labute approximate surface area is 192 Å². The second-order valence-electron chi connectivity index (χ2n) is 12.5. The molecule has 3 aromatic rings. The van der Waals surface area contributed by atoms with Crippen molar-refractivity contribution in [1.82, 2.24) is 0 Å². The Kier molecular flexibility index (Phi) is 6.11. The molecular weight excluding hydrogens is 400 g/mol. The molecule has 0 bridgehead atoms. The number of thiophene rings is 2. The molecular formula is C28H40S2. The monoisotopic (exact) mass is 440 g/mol. The van der Waals surface area contributed by atoms with Crippen molar-refractivity contribution in [2.45, 2.75) is 92.9 Å². The van der Waals surface area contributed by atoms with Gasteiger partial charge in [0.1, 0.15) is 0 Å². The summed E-state index contributed by atoms with van der Waals surface area (Å²) in [5.41, 5.74) is 0.893. The van der Waals surface area contributed by atoms with Crippen LogP contribution in [0.1, 0.15) is 91.8 Å². The van der Waals surface area contributed by atoms with Gasteiger partial charge in [-0.3, -0.25) is 0 Å². The van der Waals surface area contributed by atoms with Gasteiger partial charge in [-0.2, -0.15) is 0 Å². The molecule has 0 aliphatic rings. The Morgan fingerprint density at radius 2 is 1.13 bits per heavy atom. The van der Waals surface area contributed by atoms with Crippen LogP contribution in [-0.4, -0.2) is 0 Å². The van der Waals surface area contributed by atoms with E-state index in [-0.39, 0.29) is 21.7 Å². The summed E-state index contributed by atoms with van der Waals surface area (Å²) in [4.78, 5) is 2.99. The zero-order valence-electron chi connectivity index (χ0n) is 20.7. The van der Waals surface area contributed by atoms with E-state index in [4.69, 9.17) is 0 Å². The first-order valence-electron chi connectivity index (χ1n) is 11.2. The van der Waals surface area contributed by atoms with Crippen LogP contribution in [-0.2, 0) is 10.8 Å². The van der Waals surface area contributed by atoms with Crippen LogP contribution in [0.25, 0.3) is 20.2 Å². The van der Waals surface area contributed by atoms with Crippen LogP contribution in [0, 0.1) is 10.8 Å². The van der Waals surface area contributed by atoms with Crippen molar-refractivity contribution in [3.63, 3.8) is 0 Å². The minimum Gasteiger partial charge on any atom is -0.140 e. The SMILES string of the molecule is CC(C)(C)/C=C/C(C)(C)CCC(C)(C)c1cc2cc3sc(C(C)(C)C)cc3cc2s1. The molecule has 30 heavy (non-hydrogen) atoms. The van der Waals surface area contributed by atoms with Crippen molar-refractivity contribution in [1.29, 1.82) is 0 Å². The van der Waals surface area contributed by atoms with E-state index in [1.165, 1.54) is 42.8 Å². The molecule has 1 aromatic carbocycles. The topological polar surface area (TPSA) is 0 Å². The molecule has 0 unspecified atom stereocenters. The fraction of sp³-hybridized carbons (Fsp3) is 0.571. The molecule has 2 heteroatoms. The predicted octanol–water partition coefficient (Wildman–Crippen LogP) is 10.1. The van der Waals surface area contributed by atoms with Crippen molar-refractivity contribution >= 4 is 42.8 Å². The van der Waals surface area contributed by atoms with Gasteiger partial charge in [0.05, 0.1) is 0 Å². The molecule has 2 aromatic heterocycles. The standard InChI is InChI=1S/C28H40S2/c1-25(2,3)11-12-27(7,8)13-14-28(9,10)24-18-20-16-21-19(15-22(20)30-24)17-23(29-21)26(4,5)6/h11-12,15-18H,13-14H2,1-10H3/b12-11+. The molecule has 0 saturated heterocycles. The Morgan fingerprint density at radius 3 is 1.63 bits per heavy atom. The quantitative estimate of drug-likeness (QED) is 0.346. The molecule has 0 spiro atoms. The van der Waals surface area contributed by atoms with E-state index in [0.717, 1.165) is 0 Å². The van der Waals surface area contributed by atoms with Gasteiger partial charge in [-0.25, -0.2) is 0 Å². The van der Waals surface area contributed by atoms with E-state index < -0.39 is 0 Å². The molecule has 3 rings (SSSR count). The highest BCUT2D eigenvalue weighted by molar-refractivity contribution is 7.20. The van der Waals surface area contributed by atoms with Crippen molar-refractivity contribution in [3.8, 4) is 0 Å². The normalized spacial score (nSPS) is 14.5. The van der Waals surface area contributed by atoms with Crippen LogP contribution in [0.5, 0.6) is 0 Å². The van der Waals surface area contributed by atoms with Gasteiger partial charge in [0.25, 0.3) is 0 Å². The van der Waals surface area contributed by atoms with Gasteiger partial charge in [0.15, 0.2) is 0 Å². The van der Waals surface area contributed by atoms with Crippen molar-refractivity contribution in [2.75, 3.05) is 0 Å². The highest BCUT2D eigenvalue weighted by Crippen LogP contribution is 2.43. The lowest BCUT2D eigenvalue weighted by molar-refractivity contribution is 0.350. The number of fused-ring (bicyclic) bond motifs is 2. The summed E-state index contributed by atoms with van der Waals surface area (Å²) >= 11 is 3.94. The van der Waals surface area contributed by atoms with Crippen LogP contribution < -0.4 is 0 Å². The molecule has 164 valence electrons. The summed E-state index contributed by atoms with van der Waals surface area (Å²) in [7, 11) is 0. The number of rotatable bonds is 5. The van der Waals surface area contributed by atoms with Gasteiger partial charge < -0.3 is 0 Å². The van der Waals surface area contributed by atoms with E-state index in [0.29, 0.717) is 0 Å². The highest BCUT2D eigenvalue weighted by atomic mass is 32.1. The third-order valence-corrected chi connectivity index (χ3v) is 8.98. The fourth-order valence-electron chi connectivity index (χ4n) is 3.59. The molecule has 0 radical (unpaired) electrons. The largest absolute Gasteiger partial charge is 0.140 e. The maximum absolute atomic E-state index is 2.45. The minimum absolute atomic E-state index is 0.195.